The molecular weight excluding hydrogens is 472 g/mol. The van der Waals surface area contributed by atoms with Gasteiger partial charge in [0.15, 0.2) is 5.17 Å². The molecule has 1 heterocycles. The molecule has 0 aliphatic carbocycles. The van der Waals surface area contributed by atoms with Crippen LogP contribution in [-0.4, -0.2) is 36.1 Å². The predicted molar refractivity (Wildman–Crippen MR) is 135 cm³/mol. The van der Waals surface area contributed by atoms with E-state index in [0.29, 0.717) is 33.0 Å². The number of likely N-dealkylation sites (N-methyl/N-ethyl adjacent to an activating group) is 1. The lowest BCUT2D eigenvalue weighted by Gasteiger charge is -2.07. The number of amidine groups is 1. The monoisotopic (exact) mass is 492 g/mol. The van der Waals surface area contributed by atoms with Gasteiger partial charge in [0.25, 0.3) is 5.91 Å². The maximum Gasteiger partial charge on any atom is 0.337 e. The van der Waals surface area contributed by atoms with E-state index < -0.39 is 5.97 Å². The Hall–Kier alpha value is -3.55. The van der Waals surface area contributed by atoms with Crippen molar-refractivity contribution in [2.24, 2.45) is 4.99 Å². The average Bonchev–Trinajstić information content (AvgIpc) is 3.12. The van der Waals surface area contributed by atoms with Crippen molar-refractivity contribution in [3.63, 3.8) is 0 Å². The number of aliphatic imine (C=N–C) groups is 1. The summed E-state index contributed by atoms with van der Waals surface area (Å²) in [5, 5.41) is 1.25. The van der Waals surface area contributed by atoms with Crippen LogP contribution in [-0.2, 0) is 16.1 Å². The summed E-state index contributed by atoms with van der Waals surface area (Å²) in [6.07, 6.45) is 1.83. The quantitative estimate of drug-likeness (QED) is 0.314. The van der Waals surface area contributed by atoms with Gasteiger partial charge in [-0.25, -0.2) is 9.79 Å². The van der Waals surface area contributed by atoms with E-state index in [1.54, 1.807) is 31.3 Å². The van der Waals surface area contributed by atoms with Crippen LogP contribution >= 0.6 is 23.4 Å². The fourth-order valence-electron chi connectivity index (χ4n) is 3.11. The zero-order valence-corrected chi connectivity index (χ0v) is 20.1. The molecule has 0 spiro atoms. The number of rotatable bonds is 6. The van der Waals surface area contributed by atoms with Crippen molar-refractivity contribution in [2.45, 2.75) is 6.61 Å². The molecule has 0 atom stereocenters. The van der Waals surface area contributed by atoms with Crippen LogP contribution in [0.1, 0.15) is 21.5 Å². The molecule has 1 aliphatic heterocycles. The molecule has 1 fully saturated rings. The van der Waals surface area contributed by atoms with Crippen LogP contribution in [0.3, 0.4) is 0 Å². The molecule has 4 rings (SSSR count). The first-order valence-electron chi connectivity index (χ1n) is 10.3. The fourth-order valence-corrected chi connectivity index (χ4v) is 4.22. The minimum Gasteiger partial charge on any atom is -0.489 e. The van der Waals surface area contributed by atoms with Crippen LogP contribution in [0.5, 0.6) is 5.75 Å². The van der Waals surface area contributed by atoms with Crippen LogP contribution in [0, 0.1) is 0 Å². The second kappa shape index (κ2) is 10.6. The summed E-state index contributed by atoms with van der Waals surface area (Å²) in [7, 11) is 3.02. The van der Waals surface area contributed by atoms with Crippen molar-refractivity contribution in [1.29, 1.82) is 0 Å². The van der Waals surface area contributed by atoms with Gasteiger partial charge in [-0.15, -0.1) is 0 Å². The summed E-state index contributed by atoms with van der Waals surface area (Å²) in [5.41, 5.74) is 2.99. The zero-order valence-electron chi connectivity index (χ0n) is 18.5. The van der Waals surface area contributed by atoms with Gasteiger partial charge in [-0.2, -0.15) is 0 Å². The summed E-state index contributed by atoms with van der Waals surface area (Å²) in [4.78, 5) is 30.9. The number of ether oxygens (including phenoxy) is 2. The summed E-state index contributed by atoms with van der Waals surface area (Å²) >= 11 is 7.21. The predicted octanol–water partition coefficient (Wildman–Crippen LogP) is 5.94. The lowest BCUT2D eigenvalue weighted by atomic mass is 10.2. The van der Waals surface area contributed by atoms with Crippen molar-refractivity contribution >= 4 is 52.2 Å². The number of benzene rings is 3. The SMILES string of the molecule is COC(=O)c1ccc(N=C2SC(=Cc3ccc(OCc4ccc(Cl)cc4)cc3)C(=O)N2C)cc1. The van der Waals surface area contributed by atoms with Crippen LogP contribution in [0.2, 0.25) is 5.02 Å². The number of nitrogens with zero attached hydrogens (tertiary/aromatic N) is 2. The molecule has 0 bridgehead atoms. The lowest BCUT2D eigenvalue weighted by Crippen LogP contribution is -2.23. The third-order valence-corrected chi connectivity index (χ3v) is 6.33. The molecule has 1 saturated heterocycles. The Bertz CT molecular complexity index is 1250. The van der Waals surface area contributed by atoms with Crippen LogP contribution in [0.15, 0.2) is 82.7 Å². The smallest absolute Gasteiger partial charge is 0.337 e. The lowest BCUT2D eigenvalue weighted by molar-refractivity contribution is -0.121. The largest absolute Gasteiger partial charge is 0.489 e. The highest BCUT2D eigenvalue weighted by Gasteiger charge is 2.30. The van der Waals surface area contributed by atoms with Crippen LogP contribution in [0.4, 0.5) is 5.69 Å². The standard InChI is InChI=1S/C26H21ClN2O4S/c1-29-24(30)23(34-26(29)28-21-11-7-19(8-12-21)25(31)32-2)15-17-5-13-22(14-6-17)33-16-18-3-9-20(27)10-4-18/h3-15H,16H2,1-2H3. The average molecular weight is 493 g/mol. The second-order valence-corrected chi connectivity index (χ2v) is 8.84. The van der Waals surface area contributed by atoms with Gasteiger partial charge in [-0.05, 0) is 77.5 Å². The van der Waals surface area contributed by atoms with Crippen molar-refractivity contribution in [3.05, 3.63) is 99.4 Å². The van der Waals surface area contributed by atoms with Gasteiger partial charge in [0.1, 0.15) is 12.4 Å². The molecule has 3 aromatic carbocycles. The first kappa shape index (κ1) is 23.6. The van der Waals surface area contributed by atoms with Gasteiger partial charge in [-0.1, -0.05) is 35.9 Å². The van der Waals surface area contributed by atoms with E-state index >= 15 is 0 Å². The molecular formula is C26H21ClN2O4S. The molecule has 0 N–H and O–H groups in total. The minimum absolute atomic E-state index is 0.127. The van der Waals surface area contributed by atoms with Gasteiger partial charge >= 0.3 is 5.97 Å². The number of hydrogen-bond donors (Lipinski definition) is 0. The molecule has 1 amide bonds. The Kier molecular flexibility index (Phi) is 7.35. The number of amides is 1. The molecule has 34 heavy (non-hydrogen) atoms. The van der Waals surface area contributed by atoms with Gasteiger partial charge in [0, 0.05) is 12.1 Å². The Morgan fingerprint density at radius 3 is 2.35 bits per heavy atom. The van der Waals surface area contributed by atoms with E-state index in [0.717, 1.165) is 16.9 Å². The highest BCUT2D eigenvalue weighted by molar-refractivity contribution is 8.18. The number of hydrogen-bond acceptors (Lipinski definition) is 6. The number of carbonyl (C=O) groups is 2. The molecule has 1 aliphatic rings. The molecule has 8 heteroatoms. The Labute approximate surface area is 206 Å². The zero-order chi connectivity index (χ0) is 24.1. The van der Waals surface area contributed by atoms with Gasteiger partial charge in [0.05, 0.1) is 23.3 Å². The van der Waals surface area contributed by atoms with Crippen molar-refractivity contribution in [2.75, 3.05) is 14.2 Å². The Morgan fingerprint density at radius 1 is 1.03 bits per heavy atom. The van der Waals surface area contributed by atoms with E-state index in [1.807, 2.05) is 54.6 Å². The van der Waals surface area contributed by atoms with E-state index in [2.05, 4.69) is 4.99 Å². The maximum absolute atomic E-state index is 12.7. The van der Waals surface area contributed by atoms with Gasteiger partial charge in [0.2, 0.25) is 0 Å². The van der Waals surface area contributed by atoms with Crippen molar-refractivity contribution < 1.29 is 19.1 Å². The fraction of sp³-hybridized carbons (Fsp3) is 0.115. The molecule has 0 saturated carbocycles. The van der Waals surface area contributed by atoms with E-state index in [4.69, 9.17) is 21.1 Å². The van der Waals surface area contributed by atoms with Crippen molar-refractivity contribution in [1.82, 2.24) is 4.90 Å². The highest BCUT2D eigenvalue weighted by atomic mass is 35.5. The summed E-state index contributed by atoms with van der Waals surface area (Å²) in [6, 6.07) is 21.8. The first-order valence-corrected chi connectivity index (χ1v) is 11.5. The van der Waals surface area contributed by atoms with Crippen LogP contribution < -0.4 is 4.74 Å². The van der Waals surface area contributed by atoms with Gasteiger partial charge < -0.3 is 9.47 Å². The van der Waals surface area contributed by atoms with E-state index in [1.165, 1.54) is 23.8 Å². The first-order chi connectivity index (χ1) is 16.4. The molecule has 172 valence electrons. The summed E-state index contributed by atoms with van der Waals surface area (Å²) in [6.45, 7) is 0.442. The Balaban J connectivity index is 1.42. The molecule has 6 nitrogen and oxygen atoms in total. The number of thioether (sulfide) groups is 1. The molecule has 0 radical (unpaired) electrons. The number of methoxy groups -OCH3 is 1. The summed E-state index contributed by atoms with van der Waals surface area (Å²) in [5.74, 6) is 0.198. The normalized spacial score (nSPS) is 15.7. The van der Waals surface area contributed by atoms with Crippen molar-refractivity contribution in [3.8, 4) is 5.75 Å². The third kappa shape index (κ3) is 5.68. The maximum atomic E-state index is 12.7. The second-order valence-electron chi connectivity index (χ2n) is 7.39. The molecule has 3 aromatic rings. The number of carbonyl (C=O) groups excluding carboxylic acids is 2. The minimum atomic E-state index is -0.409. The van der Waals surface area contributed by atoms with Crippen LogP contribution in [0.25, 0.3) is 6.08 Å². The highest BCUT2D eigenvalue weighted by Crippen LogP contribution is 2.33. The summed E-state index contributed by atoms with van der Waals surface area (Å²) < 4.78 is 10.5. The topological polar surface area (TPSA) is 68.2 Å². The number of halogens is 1. The molecule has 0 aromatic heterocycles. The van der Waals surface area contributed by atoms with E-state index in [-0.39, 0.29) is 5.91 Å². The molecule has 0 unspecified atom stereocenters. The number of esters is 1. The van der Waals surface area contributed by atoms with Gasteiger partial charge in [-0.3, -0.25) is 9.69 Å². The Morgan fingerprint density at radius 2 is 1.71 bits per heavy atom. The third-order valence-electron chi connectivity index (χ3n) is 5.01. The van der Waals surface area contributed by atoms with E-state index in [9.17, 15) is 9.59 Å².